The van der Waals surface area contributed by atoms with Gasteiger partial charge in [-0.25, -0.2) is 19.0 Å². The summed E-state index contributed by atoms with van der Waals surface area (Å²) in [5, 5.41) is 15.5. The van der Waals surface area contributed by atoms with Crippen LogP contribution in [0, 0.1) is 25.7 Å². The average Bonchev–Trinajstić information content (AvgIpc) is 3.87. The Kier molecular flexibility index (Phi) is 14.4. The number of nitrogens with zero attached hydrogens (tertiary/aromatic N) is 6. The van der Waals surface area contributed by atoms with Crippen LogP contribution < -0.4 is 20.1 Å². The standard InChI is InChI=1S/2C27H31F3N4O2/c2*1-15(2)23-20(26(35)33-21-12-13-36-22-7-5-4-6-19(21)22)14-31-34-24(16(3)32-25(23)34)17-8-10-18(11-9-17)27(28,29)30/h2*4-7,14-15,17-18,21H,8-13H2,1-3H3,(H,33,35)/t2*17?,18?,21-/m00/s1. The molecule has 0 radical (unpaired) electrons. The first kappa shape index (κ1) is 50.7. The van der Waals surface area contributed by atoms with Crippen LogP contribution in [-0.2, 0) is 0 Å². The zero-order chi connectivity index (χ0) is 51.2. The molecule has 6 heterocycles. The van der Waals surface area contributed by atoms with Gasteiger partial charge in [0.05, 0.1) is 83.4 Å². The highest BCUT2D eigenvalue weighted by atomic mass is 19.4. The molecule has 4 aromatic heterocycles. The molecule has 2 amide bonds. The number of hydrogen-bond donors (Lipinski definition) is 2. The van der Waals surface area contributed by atoms with Gasteiger partial charge in [-0.1, -0.05) is 64.1 Å². The molecule has 6 aromatic rings. The number of ether oxygens (including phenoxy) is 2. The van der Waals surface area contributed by atoms with E-state index in [2.05, 4.69) is 20.8 Å². The Balaban J connectivity index is 0.000000178. The van der Waals surface area contributed by atoms with Crippen molar-refractivity contribution in [2.24, 2.45) is 11.8 Å². The van der Waals surface area contributed by atoms with Gasteiger partial charge in [-0.05, 0) is 89.2 Å². The predicted octanol–water partition coefficient (Wildman–Crippen LogP) is 12.5. The van der Waals surface area contributed by atoms with Crippen LogP contribution >= 0.6 is 0 Å². The summed E-state index contributed by atoms with van der Waals surface area (Å²) in [6.07, 6.45) is -1.54. The molecular formula is C54H62F6N8O4. The molecule has 2 fully saturated rings. The van der Waals surface area contributed by atoms with E-state index in [0.29, 0.717) is 74.2 Å². The third-order valence-electron chi connectivity index (χ3n) is 15.1. The minimum atomic E-state index is -4.14. The molecule has 2 aliphatic carbocycles. The highest BCUT2D eigenvalue weighted by Crippen LogP contribution is 2.46. The number of carbonyl (C=O) groups is 2. The van der Waals surface area contributed by atoms with Crippen molar-refractivity contribution in [2.45, 2.75) is 154 Å². The van der Waals surface area contributed by atoms with Crippen molar-refractivity contribution in [3.05, 3.63) is 117 Å². The summed E-state index contributed by atoms with van der Waals surface area (Å²) in [6.45, 7) is 12.8. The Morgan fingerprint density at radius 3 is 1.28 bits per heavy atom. The summed E-state index contributed by atoms with van der Waals surface area (Å²) in [5.74, 6) is -1.44. The van der Waals surface area contributed by atoms with Gasteiger partial charge in [-0.2, -0.15) is 36.5 Å². The second-order valence-electron chi connectivity index (χ2n) is 20.5. The van der Waals surface area contributed by atoms with Crippen LogP contribution in [0.4, 0.5) is 26.3 Å². The molecule has 0 saturated heterocycles. The fraction of sp³-hybridized carbons (Fsp3) is 0.519. The minimum Gasteiger partial charge on any atom is -0.493 e. The van der Waals surface area contributed by atoms with E-state index in [0.717, 1.165) is 56.5 Å². The number of carbonyl (C=O) groups excluding carboxylic acids is 2. The Morgan fingerprint density at radius 2 is 0.931 bits per heavy atom. The number of aromatic nitrogens is 6. The summed E-state index contributed by atoms with van der Waals surface area (Å²) in [6, 6.07) is 15.1. The van der Waals surface area contributed by atoms with Crippen molar-refractivity contribution < 1.29 is 45.4 Å². The summed E-state index contributed by atoms with van der Waals surface area (Å²) < 4.78 is 94.0. The Morgan fingerprint density at radius 1 is 0.569 bits per heavy atom. The molecule has 12 nitrogen and oxygen atoms in total. The van der Waals surface area contributed by atoms with Crippen molar-refractivity contribution in [1.82, 2.24) is 39.8 Å². The number of halogens is 6. The van der Waals surface area contributed by atoms with E-state index < -0.39 is 24.2 Å². The average molecular weight is 1000 g/mol. The first-order valence-electron chi connectivity index (χ1n) is 25.2. The van der Waals surface area contributed by atoms with Crippen molar-refractivity contribution >= 4 is 23.1 Å². The van der Waals surface area contributed by atoms with E-state index in [-0.39, 0.29) is 73.3 Å². The molecule has 2 aliphatic heterocycles. The number of fused-ring (bicyclic) bond motifs is 4. The normalized spacial score (nSPS) is 22.4. The molecule has 10 rings (SSSR count). The highest BCUT2D eigenvalue weighted by molar-refractivity contribution is 5.98. The SMILES string of the molecule is Cc1nc2c(C(C)C)c(C(=O)N[C@H]3CCOc4ccccc43)cnn2c1C1CCC(C(F)(F)F)CC1.Cc1nc2c(C(C)C)c(C(=O)N[C@H]3CCOc4ccccc43)cnn2c1C1CCC(C(F)(F)F)CC1. The van der Waals surface area contributed by atoms with Gasteiger partial charge in [0, 0.05) is 46.9 Å². The topological polar surface area (TPSA) is 137 Å². The molecule has 2 N–H and O–H groups in total. The quantitative estimate of drug-likeness (QED) is 0.144. The van der Waals surface area contributed by atoms with Crippen LogP contribution in [0.5, 0.6) is 11.5 Å². The van der Waals surface area contributed by atoms with Crippen molar-refractivity contribution in [3.63, 3.8) is 0 Å². The lowest BCUT2D eigenvalue weighted by atomic mass is 9.80. The maximum Gasteiger partial charge on any atom is 0.391 e. The summed E-state index contributed by atoms with van der Waals surface area (Å²) in [5.41, 5.74) is 8.88. The van der Waals surface area contributed by atoms with Gasteiger partial charge in [0.1, 0.15) is 11.5 Å². The smallest absolute Gasteiger partial charge is 0.391 e. The van der Waals surface area contributed by atoms with Gasteiger partial charge in [-0.3, -0.25) is 9.59 Å². The van der Waals surface area contributed by atoms with E-state index in [1.807, 2.05) is 90.1 Å². The molecular weight excluding hydrogens is 939 g/mol. The number of imidazole rings is 2. The van der Waals surface area contributed by atoms with Crippen LogP contribution in [0.2, 0.25) is 0 Å². The van der Waals surface area contributed by atoms with Crippen LogP contribution in [0.25, 0.3) is 11.3 Å². The molecule has 18 heteroatoms. The first-order chi connectivity index (χ1) is 34.3. The number of alkyl halides is 6. The molecule has 4 aliphatic rings. The van der Waals surface area contributed by atoms with E-state index >= 15 is 0 Å². The van der Waals surface area contributed by atoms with Crippen molar-refractivity contribution in [3.8, 4) is 11.5 Å². The maximum absolute atomic E-state index is 13.5. The van der Waals surface area contributed by atoms with E-state index in [1.165, 1.54) is 0 Å². The van der Waals surface area contributed by atoms with E-state index in [9.17, 15) is 35.9 Å². The maximum atomic E-state index is 13.5. The molecule has 384 valence electrons. The summed E-state index contributed by atoms with van der Waals surface area (Å²) in [4.78, 5) is 36.5. The zero-order valence-electron chi connectivity index (χ0n) is 41.5. The number of amides is 2. The monoisotopic (exact) mass is 1000 g/mol. The second-order valence-corrected chi connectivity index (χ2v) is 20.5. The summed E-state index contributed by atoms with van der Waals surface area (Å²) in [7, 11) is 0. The van der Waals surface area contributed by atoms with Crippen molar-refractivity contribution in [1.29, 1.82) is 0 Å². The van der Waals surface area contributed by atoms with Gasteiger partial charge < -0.3 is 20.1 Å². The van der Waals surface area contributed by atoms with Crippen LogP contribution in [0.1, 0.15) is 193 Å². The number of rotatable bonds is 8. The van der Waals surface area contributed by atoms with Gasteiger partial charge in [-0.15, -0.1) is 0 Å². The van der Waals surface area contributed by atoms with Gasteiger partial charge in [0.2, 0.25) is 0 Å². The number of nitrogens with one attached hydrogen (secondary N) is 2. The molecule has 0 spiro atoms. The Labute approximate surface area is 414 Å². The predicted molar refractivity (Wildman–Crippen MR) is 259 cm³/mol. The molecule has 0 bridgehead atoms. The highest BCUT2D eigenvalue weighted by Gasteiger charge is 2.44. The third kappa shape index (κ3) is 10.1. The lowest BCUT2D eigenvalue weighted by molar-refractivity contribution is -0.183. The Hall–Kier alpha value is -6.20. The molecule has 2 saturated carbocycles. The molecule has 2 atom stereocenters. The largest absolute Gasteiger partial charge is 0.493 e. The number of benzene rings is 2. The lowest BCUT2D eigenvalue weighted by Crippen LogP contribution is -2.33. The first-order valence-corrected chi connectivity index (χ1v) is 25.2. The Bertz CT molecular complexity index is 2750. The minimum absolute atomic E-state index is 0.00570. The second kappa shape index (κ2) is 20.4. The number of aryl methyl sites for hydroxylation is 2. The number of para-hydroxylation sites is 2. The van der Waals surface area contributed by atoms with E-state index in [4.69, 9.17) is 19.4 Å². The van der Waals surface area contributed by atoms with Gasteiger partial charge >= 0.3 is 12.4 Å². The van der Waals surface area contributed by atoms with Crippen LogP contribution in [0.15, 0.2) is 60.9 Å². The lowest BCUT2D eigenvalue weighted by Gasteiger charge is -2.30. The molecule has 72 heavy (non-hydrogen) atoms. The summed E-state index contributed by atoms with van der Waals surface area (Å²) >= 11 is 0. The van der Waals surface area contributed by atoms with E-state index in [1.54, 1.807) is 21.4 Å². The van der Waals surface area contributed by atoms with Crippen LogP contribution in [-0.4, -0.2) is 66.6 Å². The zero-order valence-corrected chi connectivity index (χ0v) is 41.5. The van der Waals surface area contributed by atoms with Gasteiger partial charge in [0.15, 0.2) is 11.3 Å². The fourth-order valence-corrected chi connectivity index (χ4v) is 11.5. The van der Waals surface area contributed by atoms with Crippen molar-refractivity contribution in [2.75, 3.05) is 13.2 Å². The van der Waals surface area contributed by atoms with Gasteiger partial charge in [0.25, 0.3) is 11.8 Å². The molecule has 2 aromatic carbocycles. The third-order valence-corrected chi connectivity index (χ3v) is 15.1. The van der Waals surface area contributed by atoms with Crippen LogP contribution in [0.3, 0.4) is 0 Å². The number of hydrogen-bond acceptors (Lipinski definition) is 8. The fourth-order valence-electron chi connectivity index (χ4n) is 11.5. The molecule has 0 unspecified atom stereocenters.